The van der Waals surface area contributed by atoms with Gasteiger partial charge in [0.1, 0.15) is 0 Å². The van der Waals surface area contributed by atoms with E-state index in [0.717, 1.165) is 36.2 Å². The molecule has 0 aromatic heterocycles. The van der Waals surface area contributed by atoms with Crippen LogP contribution < -0.4 is 0 Å². The maximum atomic E-state index is 12.6. The third kappa shape index (κ3) is 3.62. The SMILES string of the molecule is Cc1ccc(C(=O)C2CCC(C3CCC(C)CC3)CC2)cc1. The zero-order chi connectivity index (χ0) is 15.5. The highest BCUT2D eigenvalue weighted by Crippen LogP contribution is 2.41. The molecule has 0 spiro atoms. The summed E-state index contributed by atoms with van der Waals surface area (Å²) in [5.41, 5.74) is 2.15. The molecule has 0 saturated heterocycles. The second-order valence-corrected chi connectivity index (χ2v) is 7.86. The summed E-state index contributed by atoms with van der Waals surface area (Å²) in [7, 11) is 0. The van der Waals surface area contributed by atoms with Crippen LogP contribution in [0.4, 0.5) is 0 Å². The van der Waals surface area contributed by atoms with Crippen molar-refractivity contribution in [3.05, 3.63) is 35.4 Å². The van der Waals surface area contributed by atoms with Crippen LogP contribution in [0.5, 0.6) is 0 Å². The van der Waals surface area contributed by atoms with Gasteiger partial charge in [0.15, 0.2) is 5.78 Å². The number of ketones is 1. The molecule has 0 bridgehead atoms. The quantitative estimate of drug-likeness (QED) is 0.643. The van der Waals surface area contributed by atoms with Gasteiger partial charge in [0.25, 0.3) is 0 Å². The highest BCUT2D eigenvalue weighted by atomic mass is 16.1. The van der Waals surface area contributed by atoms with Crippen LogP contribution >= 0.6 is 0 Å². The topological polar surface area (TPSA) is 17.1 Å². The smallest absolute Gasteiger partial charge is 0.165 e. The summed E-state index contributed by atoms with van der Waals surface area (Å²) in [5, 5.41) is 0. The fraction of sp³-hybridized carbons (Fsp3) is 0.667. The fourth-order valence-electron chi connectivity index (χ4n) is 4.56. The van der Waals surface area contributed by atoms with Crippen molar-refractivity contribution in [2.45, 2.75) is 65.2 Å². The van der Waals surface area contributed by atoms with E-state index in [9.17, 15) is 4.79 Å². The lowest BCUT2D eigenvalue weighted by molar-refractivity contribution is 0.0832. The molecular weight excluding hydrogens is 268 g/mol. The van der Waals surface area contributed by atoms with Gasteiger partial charge in [0.2, 0.25) is 0 Å². The number of Topliss-reactive ketones (excluding diaryl/α,β-unsaturated/α-hetero) is 1. The van der Waals surface area contributed by atoms with Crippen molar-refractivity contribution >= 4 is 5.78 Å². The van der Waals surface area contributed by atoms with Gasteiger partial charge < -0.3 is 0 Å². The summed E-state index contributed by atoms with van der Waals surface area (Å²) >= 11 is 0. The number of aryl methyl sites for hydroxylation is 1. The second kappa shape index (κ2) is 6.98. The van der Waals surface area contributed by atoms with E-state index in [4.69, 9.17) is 0 Å². The zero-order valence-corrected chi connectivity index (χ0v) is 14.2. The van der Waals surface area contributed by atoms with Crippen molar-refractivity contribution in [3.8, 4) is 0 Å². The van der Waals surface area contributed by atoms with Gasteiger partial charge in [-0.2, -0.15) is 0 Å². The molecule has 2 aliphatic carbocycles. The lowest BCUT2D eigenvalue weighted by Crippen LogP contribution is -2.28. The summed E-state index contributed by atoms with van der Waals surface area (Å²) in [6, 6.07) is 8.13. The molecule has 0 atom stereocenters. The Morgan fingerprint density at radius 1 is 0.818 bits per heavy atom. The Labute approximate surface area is 135 Å². The maximum absolute atomic E-state index is 12.6. The van der Waals surface area contributed by atoms with Gasteiger partial charge in [-0.3, -0.25) is 4.79 Å². The molecule has 3 rings (SSSR count). The van der Waals surface area contributed by atoms with Gasteiger partial charge in [0.05, 0.1) is 0 Å². The van der Waals surface area contributed by atoms with E-state index in [1.165, 1.54) is 44.1 Å². The summed E-state index contributed by atoms with van der Waals surface area (Å²) in [6.45, 7) is 4.47. The zero-order valence-electron chi connectivity index (χ0n) is 14.2. The first kappa shape index (κ1) is 15.8. The van der Waals surface area contributed by atoms with Crippen molar-refractivity contribution in [2.24, 2.45) is 23.7 Å². The Morgan fingerprint density at radius 2 is 1.32 bits per heavy atom. The lowest BCUT2D eigenvalue weighted by atomic mass is 9.68. The largest absolute Gasteiger partial charge is 0.294 e. The van der Waals surface area contributed by atoms with Crippen LogP contribution in [0.15, 0.2) is 24.3 Å². The Kier molecular flexibility index (Phi) is 5.00. The number of hydrogen-bond donors (Lipinski definition) is 0. The van der Waals surface area contributed by atoms with Gasteiger partial charge in [-0.25, -0.2) is 0 Å². The van der Waals surface area contributed by atoms with Gasteiger partial charge in [0, 0.05) is 11.5 Å². The molecule has 2 saturated carbocycles. The van der Waals surface area contributed by atoms with Crippen molar-refractivity contribution in [1.82, 2.24) is 0 Å². The third-order valence-corrected chi connectivity index (χ3v) is 6.21. The van der Waals surface area contributed by atoms with Gasteiger partial charge in [-0.1, -0.05) is 49.6 Å². The van der Waals surface area contributed by atoms with Crippen LogP contribution in [0.1, 0.15) is 74.2 Å². The Hall–Kier alpha value is -1.11. The van der Waals surface area contributed by atoms with E-state index in [1.807, 2.05) is 12.1 Å². The van der Waals surface area contributed by atoms with E-state index >= 15 is 0 Å². The minimum Gasteiger partial charge on any atom is -0.294 e. The maximum Gasteiger partial charge on any atom is 0.165 e. The van der Waals surface area contributed by atoms with Crippen LogP contribution in [0.2, 0.25) is 0 Å². The molecule has 2 aliphatic rings. The summed E-state index contributed by atoms with van der Waals surface area (Å²) in [5.74, 6) is 3.45. The van der Waals surface area contributed by atoms with Gasteiger partial charge in [-0.15, -0.1) is 0 Å². The van der Waals surface area contributed by atoms with Crippen molar-refractivity contribution in [1.29, 1.82) is 0 Å². The Bertz CT molecular complexity index is 485. The van der Waals surface area contributed by atoms with Gasteiger partial charge >= 0.3 is 0 Å². The number of carbonyl (C=O) groups excluding carboxylic acids is 1. The predicted octanol–water partition coefficient (Wildman–Crippen LogP) is 5.81. The van der Waals surface area contributed by atoms with E-state index in [2.05, 4.69) is 26.0 Å². The number of carbonyl (C=O) groups is 1. The minimum absolute atomic E-state index is 0.279. The van der Waals surface area contributed by atoms with Crippen molar-refractivity contribution in [2.75, 3.05) is 0 Å². The first-order valence-electron chi connectivity index (χ1n) is 9.24. The van der Waals surface area contributed by atoms with E-state index < -0.39 is 0 Å². The first-order valence-corrected chi connectivity index (χ1v) is 9.24. The summed E-state index contributed by atoms with van der Waals surface area (Å²) < 4.78 is 0. The molecule has 0 radical (unpaired) electrons. The normalized spacial score (nSPS) is 32.6. The molecule has 1 aromatic carbocycles. The molecule has 1 nitrogen and oxygen atoms in total. The van der Waals surface area contributed by atoms with E-state index in [0.29, 0.717) is 5.78 Å². The van der Waals surface area contributed by atoms with E-state index in [1.54, 1.807) is 0 Å². The molecule has 0 unspecified atom stereocenters. The molecule has 0 N–H and O–H groups in total. The monoisotopic (exact) mass is 298 g/mol. The Balaban J connectivity index is 1.53. The molecule has 0 aliphatic heterocycles. The fourth-order valence-corrected chi connectivity index (χ4v) is 4.56. The van der Waals surface area contributed by atoms with Crippen LogP contribution in [-0.4, -0.2) is 5.78 Å². The predicted molar refractivity (Wildman–Crippen MR) is 92.1 cm³/mol. The van der Waals surface area contributed by atoms with Crippen molar-refractivity contribution in [3.63, 3.8) is 0 Å². The second-order valence-electron chi connectivity index (χ2n) is 7.86. The van der Waals surface area contributed by atoms with Crippen LogP contribution in [-0.2, 0) is 0 Å². The highest BCUT2D eigenvalue weighted by Gasteiger charge is 2.32. The molecule has 1 aromatic rings. The average Bonchev–Trinajstić information content (AvgIpc) is 2.56. The highest BCUT2D eigenvalue weighted by molar-refractivity contribution is 5.97. The molecule has 0 heterocycles. The van der Waals surface area contributed by atoms with Crippen LogP contribution in [0.25, 0.3) is 0 Å². The van der Waals surface area contributed by atoms with Crippen LogP contribution in [0.3, 0.4) is 0 Å². The standard InChI is InChI=1S/C21H30O/c1-15-3-7-17(8-4-15)18-11-13-20(14-12-18)21(22)19-9-5-16(2)6-10-19/h5-6,9-10,15,17-18,20H,3-4,7-8,11-14H2,1-2H3. The lowest BCUT2D eigenvalue weighted by Gasteiger charge is -2.37. The molecule has 0 amide bonds. The molecule has 120 valence electrons. The van der Waals surface area contributed by atoms with Crippen molar-refractivity contribution < 1.29 is 4.79 Å². The Morgan fingerprint density at radius 3 is 1.86 bits per heavy atom. The molecule has 22 heavy (non-hydrogen) atoms. The summed E-state index contributed by atoms with van der Waals surface area (Å²) in [4.78, 5) is 12.6. The number of hydrogen-bond acceptors (Lipinski definition) is 1. The average molecular weight is 298 g/mol. The number of rotatable bonds is 3. The molecule has 1 heteroatoms. The third-order valence-electron chi connectivity index (χ3n) is 6.21. The van der Waals surface area contributed by atoms with E-state index in [-0.39, 0.29) is 5.92 Å². The molecular formula is C21H30O. The molecule has 2 fully saturated rings. The van der Waals surface area contributed by atoms with Crippen LogP contribution in [0, 0.1) is 30.6 Å². The van der Waals surface area contributed by atoms with Gasteiger partial charge in [-0.05, 0) is 63.2 Å². The number of benzene rings is 1. The summed E-state index contributed by atoms with van der Waals surface area (Å²) in [6.07, 6.45) is 10.5. The first-order chi connectivity index (χ1) is 10.6. The minimum atomic E-state index is 0.279.